The summed E-state index contributed by atoms with van der Waals surface area (Å²) in [4.78, 5) is 12.1. The number of amides is 2. The van der Waals surface area contributed by atoms with Crippen LogP contribution in [0.4, 0.5) is 10.5 Å². The molecule has 1 atom stereocenters. The van der Waals surface area contributed by atoms with Gasteiger partial charge in [-0.05, 0) is 37.5 Å². The molecule has 0 aromatic heterocycles. The second kappa shape index (κ2) is 6.76. The van der Waals surface area contributed by atoms with Gasteiger partial charge in [-0.1, -0.05) is 25.1 Å². The lowest BCUT2D eigenvalue weighted by Gasteiger charge is -2.18. The lowest BCUT2D eigenvalue weighted by molar-refractivity contribution is 0.249. The zero-order valence-electron chi connectivity index (χ0n) is 12.0. The molecular formula is C15H20N2O3S. The summed E-state index contributed by atoms with van der Waals surface area (Å²) in [7, 11) is -3.27. The van der Waals surface area contributed by atoms with Gasteiger partial charge in [-0.25, -0.2) is 13.2 Å². The molecule has 1 aromatic rings. The highest BCUT2D eigenvalue weighted by Gasteiger charge is 2.14. The Morgan fingerprint density at radius 1 is 1.38 bits per heavy atom. The first-order valence-electron chi connectivity index (χ1n) is 7.08. The molecule has 0 aliphatic heterocycles. The molecule has 2 amide bonds. The summed E-state index contributed by atoms with van der Waals surface area (Å²) < 4.78 is 23.6. The van der Waals surface area contributed by atoms with Crippen LogP contribution in [0.1, 0.15) is 26.2 Å². The molecule has 2 N–H and O–H groups in total. The molecular weight excluding hydrogens is 288 g/mol. The van der Waals surface area contributed by atoms with Gasteiger partial charge in [0.15, 0.2) is 9.84 Å². The predicted molar refractivity (Wildman–Crippen MR) is 83.1 cm³/mol. The van der Waals surface area contributed by atoms with Gasteiger partial charge in [0.25, 0.3) is 0 Å². The number of nitrogens with one attached hydrogen (secondary N) is 2. The van der Waals surface area contributed by atoms with Gasteiger partial charge in [-0.15, -0.1) is 0 Å². The largest absolute Gasteiger partial charge is 0.332 e. The molecule has 0 spiro atoms. The number of hydrogen-bond acceptors (Lipinski definition) is 3. The highest BCUT2D eigenvalue weighted by atomic mass is 32.2. The van der Waals surface area contributed by atoms with E-state index in [0.717, 1.165) is 19.3 Å². The molecule has 1 aliphatic rings. The first-order chi connectivity index (χ1) is 10.0. The van der Waals surface area contributed by atoms with Crippen LogP contribution in [0, 0.1) is 0 Å². The van der Waals surface area contributed by atoms with Gasteiger partial charge >= 0.3 is 6.03 Å². The molecule has 0 bridgehead atoms. The Hall–Kier alpha value is -1.82. The summed E-state index contributed by atoms with van der Waals surface area (Å²) in [5, 5.41) is 5.53. The van der Waals surface area contributed by atoms with Crippen molar-refractivity contribution in [1.82, 2.24) is 5.32 Å². The summed E-state index contributed by atoms with van der Waals surface area (Å²) in [6.45, 7) is 1.59. The smallest absolute Gasteiger partial charge is 0.319 e. The number of sulfone groups is 1. The fourth-order valence-electron chi connectivity index (χ4n) is 2.20. The molecule has 0 heterocycles. The summed E-state index contributed by atoms with van der Waals surface area (Å²) >= 11 is 0. The van der Waals surface area contributed by atoms with Crippen LogP contribution in [0.3, 0.4) is 0 Å². The monoisotopic (exact) mass is 308 g/mol. The van der Waals surface area contributed by atoms with Gasteiger partial charge in [0.05, 0.1) is 10.6 Å². The Labute approximate surface area is 125 Å². The van der Waals surface area contributed by atoms with Gasteiger partial charge in [0.1, 0.15) is 0 Å². The van der Waals surface area contributed by atoms with E-state index in [1.807, 2.05) is 6.08 Å². The number of allylic oxidation sites excluding steroid dienone is 1. The zero-order valence-corrected chi connectivity index (χ0v) is 12.8. The molecule has 0 radical (unpaired) electrons. The van der Waals surface area contributed by atoms with E-state index in [1.54, 1.807) is 19.1 Å². The molecule has 5 nitrogen and oxygen atoms in total. The number of benzene rings is 1. The van der Waals surface area contributed by atoms with Crippen molar-refractivity contribution < 1.29 is 13.2 Å². The SMILES string of the molecule is CCS(=O)(=O)c1cccc(NC(=O)NC2C=CCCC2)c1. The quantitative estimate of drug-likeness (QED) is 0.840. The Kier molecular flexibility index (Phi) is 5.01. The molecule has 6 heteroatoms. The van der Waals surface area contributed by atoms with Gasteiger partial charge in [0.2, 0.25) is 0 Å². The zero-order chi connectivity index (χ0) is 15.3. The highest BCUT2D eigenvalue weighted by molar-refractivity contribution is 7.91. The third kappa shape index (κ3) is 4.32. The number of rotatable bonds is 4. The topological polar surface area (TPSA) is 75.3 Å². The molecule has 1 aromatic carbocycles. The van der Waals surface area contributed by atoms with Gasteiger partial charge in [-0.2, -0.15) is 0 Å². The van der Waals surface area contributed by atoms with E-state index in [0.29, 0.717) is 5.69 Å². The van der Waals surface area contributed by atoms with Crippen molar-refractivity contribution in [2.24, 2.45) is 0 Å². The summed E-state index contributed by atoms with van der Waals surface area (Å²) in [5.74, 6) is 0.0372. The molecule has 1 aliphatic carbocycles. The van der Waals surface area contributed by atoms with Crippen LogP contribution >= 0.6 is 0 Å². The minimum atomic E-state index is -3.27. The second-order valence-electron chi connectivity index (χ2n) is 5.00. The summed E-state index contributed by atoms with van der Waals surface area (Å²) in [6, 6.07) is 6.03. The third-order valence-corrected chi connectivity index (χ3v) is 5.13. The van der Waals surface area contributed by atoms with Gasteiger partial charge < -0.3 is 10.6 Å². The van der Waals surface area contributed by atoms with E-state index in [2.05, 4.69) is 16.7 Å². The summed E-state index contributed by atoms with van der Waals surface area (Å²) in [6.07, 6.45) is 7.08. The van der Waals surface area contributed by atoms with E-state index < -0.39 is 9.84 Å². The molecule has 114 valence electrons. The Bertz CT molecular complexity index is 638. The number of carbonyl (C=O) groups excluding carboxylic acids is 1. The molecule has 0 saturated carbocycles. The van der Waals surface area contributed by atoms with E-state index in [4.69, 9.17) is 0 Å². The minimum Gasteiger partial charge on any atom is -0.332 e. The van der Waals surface area contributed by atoms with Gasteiger partial charge in [-0.3, -0.25) is 0 Å². The average molecular weight is 308 g/mol. The van der Waals surface area contributed by atoms with Crippen molar-refractivity contribution in [3.8, 4) is 0 Å². The van der Waals surface area contributed by atoms with Crippen LogP contribution in [0.25, 0.3) is 0 Å². The predicted octanol–water partition coefficient (Wildman–Crippen LogP) is 2.71. The first-order valence-corrected chi connectivity index (χ1v) is 8.73. The van der Waals surface area contributed by atoms with Crippen molar-refractivity contribution in [1.29, 1.82) is 0 Å². The van der Waals surface area contributed by atoms with Crippen LogP contribution in [0.2, 0.25) is 0 Å². The average Bonchev–Trinajstić information content (AvgIpc) is 2.48. The van der Waals surface area contributed by atoms with E-state index in [-0.39, 0.29) is 22.7 Å². The second-order valence-corrected chi connectivity index (χ2v) is 7.27. The lowest BCUT2D eigenvalue weighted by Crippen LogP contribution is -2.37. The Balaban J connectivity index is 2.02. The van der Waals surface area contributed by atoms with E-state index in [9.17, 15) is 13.2 Å². The van der Waals surface area contributed by atoms with Crippen molar-refractivity contribution in [3.63, 3.8) is 0 Å². The van der Waals surface area contributed by atoms with Crippen LogP contribution < -0.4 is 10.6 Å². The molecule has 2 rings (SSSR count). The normalized spacial score (nSPS) is 18.2. The fraction of sp³-hybridized carbons (Fsp3) is 0.400. The number of anilines is 1. The maximum absolute atomic E-state index is 11.9. The Morgan fingerprint density at radius 2 is 2.19 bits per heavy atom. The first kappa shape index (κ1) is 15.6. The van der Waals surface area contributed by atoms with Crippen molar-refractivity contribution in [2.45, 2.75) is 37.1 Å². The van der Waals surface area contributed by atoms with Gasteiger partial charge in [0, 0.05) is 11.7 Å². The summed E-state index contributed by atoms with van der Waals surface area (Å²) in [5.41, 5.74) is 0.474. The van der Waals surface area contributed by atoms with Crippen LogP contribution in [-0.4, -0.2) is 26.2 Å². The maximum Gasteiger partial charge on any atom is 0.319 e. The third-order valence-electron chi connectivity index (χ3n) is 3.40. The number of hydrogen-bond donors (Lipinski definition) is 2. The highest BCUT2D eigenvalue weighted by Crippen LogP contribution is 2.17. The van der Waals surface area contributed by atoms with Crippen molar-refractivity contribution >= 4 is 21.6 Å². The number of carbonyl (C=O) groups is 1. The molecule has 0 saturated heterocycles. The molecule has 0 fully saturated rings. The number of urea groups is 1. The lowest BCUT2D eigenvalue weighted by atomic mass is 10.0. The van der Waals surface area contributed by atoms with Crippen LogP contribution in [0.15, 0.2) is 41.3 Å². The molecule has 1 unspecified atom stereocenters. The maximum atomic E-state index is 11.9. The standard InChI is InChI=1S/C15H20N2O3S/c1-2-21(19,20)14-10-6-9-13(11-14)17-15(18)16-12-7-4-3-5-8-12/h4,6-7,9-12H,2-3,5,8H2,1H3,(H2,16,17,18). The minimum absolute atomic E-state index is 0.0372. The van der Waals surface area contributed by atoms with E-state index >= 15 is 0 Å². The van der Waals surface area contributed by atoms with Crippen molar-refractivity contribution in [3.05, 3.63) is 36.4 Å². The van der Waals surface area contributed by atoms with E-state index in [1.165, 1.54) is 12.1 Å². The Morgan fingerprint density at radius 3 is 2.86 bits per heavy atom. The fourth-order valence-corrected chi connectivity index (χ4v) is 3.13. The molecule has 21 heavy (non-hydrogen) atoms. The van der Waals surface area contributed by atoms with Crippen molar-refractivity contribution in [2.75, 3.05) is 11.1 Å². The van der Waals surface area contributed by atoms with Crippen LogP contribution in [0.5, 0.6) is 0 Å². The van der Waals surface area contributed by atoms with Crippen LogP contribution in [-0.2, 0) is 9.84 Å².